The van der Waals surface area contributed by atoms with E-state index >= 15 is 0 Å². The first-order chi connectivity index (χ1) is 17.5. The first-order valence-corrected chi connectivity index (χ1v) is 13.5. The summed E-state index contributed by atoms with van der Waals surface area (Å²) in [7, 11) is 3.25. The van der Waals surface area contributed by atoms with E-state index in [2.05, 4.69) is 26.1 Å². The van der Waals surface area contributed by atoms with Gasteiger partial charge in [-0.2, -0.15) is 0 Å². The van der Waals surface area contributed by atoms with Gasteiger partial charge < -0.3 is 24.6 Å². The number of halogens is 1. The fraction of sp³-hybridized carbons (Fsp3) is 0.500. The molecule has 0 aromatic heterocycles. The highest BCUT2D eigenvalue weighted by atomic mass is 79.9. The van der Waals surface area contributed by atoms with Crippen LogP contribution in [0.1, 0.15) is 41.6 Å². The van der Waals surface area contributed by atoms with Crippen LogP contribution in [0.4, 0.5) is 0 Å². The van der Waals surface area contributed by atoms with Crippen LogP contribution in [0.5, 0.6) is 11.5 Å². The molecule has 4 rings (SSSR count). The molecule has 7 nitrogen and oxygen atoms in total. The summed E-state index contributed by atoms with van der Waals surface area (Å²) >= 11 is 3.42. The minimum atomic E-state index is 0.0747. The van der Waals surface area contributed by atoms with Crippen molar-refractivity contribution in [2.24, 2.45) is 5.92 Å². The molecule has 2 aromatic carbocycles. The van der Waals surface area contributed by atoms with Gasteiger partial charge in [0.05, 0.1) is 14.2 Å². The van der Waals surface area contributed by atoms with Crippen molar-refractivity contribution in [2.45, 2.75) is 38.1 Å². The van der Waals surface area contributed by atoms with Crippen LogP contribution < -0.4 is 14.8 Å². The second-order valence-corrected chi connectivity index (χ2v) is 10.5. The summed E-state index contributed by atoms with van der Waals surface area (Å²) < 4.78 is 11.6. The number of benzene rings is 2. The van der Waals surface area contributed by atoms with Gasteiger partial charge in [-0.3, -0.25) is 9.59 Å². The van der Waals surface area contributed by atoms with Crippen molar-refractivity contribution in [1.29, 1.82) is 0 Å². The van der Waals surface area contributed by atoms with Gasteiger partial charge >= 0.3 is 0 Å². The molecule has 0 aliphatic carbocycles. The van der Waals surface area contributed by atoms with Crippen molar-refractivity contribution in [3.63, 3.8) is 0 Å². The van der Waals surface area contributed by atoms with E-state index in [4.69, 9.17) is 9.47 Å². The third-order valence-corrected chi connectivity index (χ3v) is 7.95. The van der Waals surface area contributed by atoms with Gasteiger partial charge in [0.1, 0.15) is 0 Å². The topological polar surface area (TPSA) is 71.1 Å². The van der Waals surface area contributed by atoms with Crippen LogP contribution in [0.2, 0.25) is 0 Å². The van der Waals surface area contributed by atoms with Crippen LogP contribution in [0.15, 0.2) is 46.9 Å². The zero-order valence-electron chi connectivity index (χ0n) is 21.2. The fourth-order valence-corrected chi connectivity index (χ4v) is 5.51. The molecule has 8 heteroatoms. The number of hydrogen-bond acceptors (Lipinski definition) is 5. The summed E-state index contributed by atoms with van der Waals surface area (Å²) in [5.41, 5.74) is 1.85. The van der Waals surface area contributed by atoms with Crippen LogP contribution in [-0.2, 0) is 11.2 Å². The molecule has 2 heterocycles. The lowest BCUT2D eigenvalue weighted by atomic mass is 9.92. The largest absolute Gasteiger partial charge is 0.493 e. The van der Waals surface area contributed by atoms with Gasteiger partial charge in [-0.1, -0.05) is 22.0 Å². The molecule has 2 saturated heterocycles. The summed E-state index contributed by atoms with van der Waals surface area (Å²) in [4.78, 5) is 30.0. The summed E-state index contributed by atoms with van der Waals surface area (Å²) in [5.74, 6) is 1.76. The van der Waals surface area contributed by atoms with Crippen molar-refractivity contribution in [3.05, 3.63) is 58.1 Å². The number of likely N-dealkylation sites (tertiary alicyclic amines) is 2. The first kappa shape index (κ1) is 26.5. The third kappa shape index (κ3) is 6.59. The molecule has 1 N–H and O–H groups in total. The van der Waals surface area contributed by atoms with E-state index in [0.29, 0.717) is 24.1 Å². The second kappa shape index (κ2) is 12.6. The summed E-state index contributed by atoms with van der Waals surface area (Å²) in [6.07, 6.45) is 4.51. The number of hydrogen-bond donors (Lipinski definition) is 1. The van der Waals surface area contributed by atoms with E-state index in [0.717, 1.165) is 73.9 Å². The summed E-state index contributed by atoms with van der Waals surface area (Å²) in [6, 6.07) is 13.9. The van der Waals surface area contributed by atoms with Gasteiger partial charge in [-0.15, -0.1) is 0 Å². The minimum absolute atomic E-state index is 0.0747. The molecular weight excluding hydrogens is 522 g/mol. The molecule has 36 heavy (non-hydrogen) atoms. The lowest BCUT2D eigenvalue weighted by molar-refractivity contribution is -0.126. The Hall–Kier alpha value is -2.58. The lowest BCUT2D eigenvalue weighted by Gasteiger charge is -2.41. The van der Waals surface area contributed by atoms with Crippen LogP contribution in [0, 0.1) is 5.92 Å². The molecule has 0 saturated carbocycles. The quantitative estimate of drug-likeness (QED) is 0.528. The number of amides is 2. The Morgan fingerprint density at radius 2 is 1.58 bits per heavy atom. The van der Waals surface area contributed by atoms with Gasteiger partial charge in [0.25, 0.3) is 5.91 Å². The number of piperidine rings is 2. The molecule has 194 valence electrons. The fourth-order valence-electron chi connectivity index (χ4n) is 5.25. The molecule has 0 unspecified atom stereocenters. The standard InChI is InChI=1S/C28H36BrN3O4/c1-35-25-8-3-20(19-26(25)36-2)9-14-30-27(33)21-10-15-31(16-11-21)24-12-17-32(18-13-24)28(34)22-4-6-23(29)7-5-22/h3-8,19,21,24H,9-18H2,1-2H3,(H,30,33). The van der Waals surface area contributed by atoms with E-state index in [9.17, 15) is 9.59 Å². The molecular formula is C28H36BrN3O4. The average molecular weight is 559 g/mol. The lowest BCUT2D eigenvalue weighted by Crippen LogP contribution is -2.50. The van der Waals surface area contributed by atoms with E-state index in [-0.39, 0.29) is 17.7 Å². The van der Waals surface area contributed by atoms with E-state index in [1.807, 2.05) is 47.4 Å². The molecule has 2 aromatic rings. The van der Waals surface area contributed by atoms with E-state index in [1.165, 1.54) is 0 Å². The number of carbonyl (C=O) groups is 2. The summed E-state index contributed by atoms with van der Waals surface area (Å²) in [6.45, 7) is 4.07. The van der Waals surface area contributed by atoms with E-state index in [1.54, 1.807) is 14.2 Å². The van der Waals surface area contributed by atoms with Gasteiger partial charge in [-0.05, 0) is 87.2 Å². The summed E-state index contributed by atoms with van der Waals surface area (Å²) in [5, 5.41) is 3.12. The maximum Gasteiger partial charge on any atom is 0.253 e. The molecule has 2 fully saturated rings. The monoisotopic (exact) mass is 557 g/mol. The SMILES string of the molecule is COc1ccc(CCNC(=O)C2CCN(C3CCN(C(=O)c4ccc(Br)cc4)CC3)CC2)cc1OC. The van der Waals surface area contributed by atoms with Crippen LogP contribution in [0.25, 0.3) is 0 Å². The Morgan fingerprint density at radius 3 is 2.22 bits per heavy atom. The maximum atomic E-state index is 12.8. The van der Waals surface area contributed by atoms with Gasteiger partial charge in [0.15, 0.2) is 11.5 Å². The van der Waals surface area contributed by atoms with Crippen molar-refractivity contribution in [3.8, 4) is 11.5 Å². The van der Waals surface area contributed by atoms with Gasteiger partial charge in [0, 0.05) is 41.6 Å². The van der Waals surface area contributed by atoms with E-state index < -0.39 is 0 Å². The molecule has 2 amide bonds. The number of ether oxygens (including phenoxy) is 2. The van der Waals surface area contributed by atoms with Crippen molar-refractivity contribution < 1.29 is 19.1 Å². The van der Waals surface area contributed by atoms with Gasteiger partial charge in [-0.25, -0.2) is 0 Å². The highest BCUT2D eigenvalue weighted by molar-refractivity contribution is 9.10. The molecule has 0 atom stereocenters. The molecule has 0 bridgehead atoms. The van der Waals surface area contributed by atoms with Crippen LogP contribution >= 0.6 is 15.9 Å². The number of carbonyl (C=O) groups excluding carboxylic acids is 2. The van der Waals surface area contributed by atoms with Crippen molar-refractivity contribution >= 4 is 27.7 Å². The molecule has 2 aliphatic rings. The van der Waals surface area contributed by atoms with Crippen LogP contribution in [0.3, 0.4) is 0 Å². The Bertz CT molecular complexity index is 1030. The number of rotatable bonds is 8. The van der Waals surface area contributed by atoms with Crippen molar-refractivity contribution in [2.75, 3.05) is 46.9 Å². The molecule has 0 radical (unpaired) electrons. The Labute approximate surface area is 222 Å². The number of nitrogens with one attached hydrogen (secondary N) is 1. The predicted octanol–water partition coefficient (Wildman–Crippen LogP) is 4.14. The number of nitrogens with zero attached hydrogens (tertiary/aromatic N) is 2. The van der Waals surface area contributed by atoms with Gasteiger partial charge in [0.2, 0.25) is 5.91 Å². The van der Waals surface area contributed by atoms with Crippen molar-refractivity contribution in [1.82, 2.24) is 15.1 Å². The molecule has 2 aliphatic heterocycles. The highest BCUT2D eigenvalue weighted by Gasteiger charge is 2.31. The second-order valence-electron chi connectivity index (χ2n) is 9.57. The smallest absolute Gasteiger partial charge is 0.253 e. The predicted molar refractivity (Wildman–Crippen MR) is 144 cm³/mol. The Balaban J connectivity index is 1.17. The zero-order valence-corrected chi connectivity index (χ0v) is 22.8. The third-order valence-electron chi connectivity index (χ3n) is 7.42. The number of methoxy groups -OCH3 is 2. The highest BCUT2D eigenvalue weighted by Crippen LogP contribution is 2.28. The maximum absolute atomic E-state index is 12.8. The normalized spacial score (nSPS) is 17.6. The Kier molecular flexibility index (Phi) is 9.26. The Morgan fingerprint density at radius 1 is 0.917 bits per heavy atom. The molecule has 0 spiro atoms. The first-order valence-electron chi connectivity index (χ1n) is 12.8. The van der Waals surface area contributed by atoms with Crippen LogP contribution in [-0.4, -0.2) is 74.6 Å². The zero-order chi connectivity index (χ0) is 25.5. The average Bonchev–Trinajstić information content (AvgIpc) is 2.93. The minimum Gasteiger partial charge on any atom is -0.493 e.